The van der Waals surface area contributed by atoms with Crippen LogP contribution in [0.4, 0.5) is 4.79 Å². The SMILES string of the molecule is CC1(C)CC(NC(=O)Cl)CC(C)(C)N1O. The fraction of sp³-hybridized carbons (Fsp3) is 0.900. The van der Waals surface area contributed by atoms with Gasteiger partial charge in [-0.25, -0.2) is 0 Å². The van der Waals surface area contributed by atoms with Gasteiger partial charge in [0.1, 0.15) is 0 Å². The molecule has 0 aromatic carbocycles. The molecule has 0 aromatic heterocycles. The van der Waals surface area contributed by atoms with E-state index in [9.17, 15) is 10.0 Å². The van der Waals surface area contributed by atoms with Crippen LogP contribution in [0.2, 0.25) is 0 Å². The molecule has 1 amide bonds. The molecule has 2 N–H and O–H groups in total. The van der Waals surface area contributed by atoms with Crippen molar-refractivity contribution in [2.75, 3.05) is 0 Å². The Labute approximate surface area is 95.5 Å². The van der Waals surface area contributed by atoms with Crippen LogP contribution in [0.15, 0.2) is 0 Å². The summed E-state index contributed by atoms with van der Waals surface area (Å²) in [6.45, 7) is 7.78. The second-order valence-electron chi connectivity index (χ2n) is 5.46. The molecule has 1 aliphatic heterocycles. The summed E-state index contributed by atoms with van der Waals surface area (Å²) in [5.74, 6) is 0. The summed E-state index contributed by atoms with van der Waals surface area (Å²) >= 11 is 5.31. The average molecular weight is 235 g/mol. The van der Waals surface area contributed by atoms with Crippen LogP contribution >= 0.6 is 11.6 Å². The third kappa shape index (κ3) is 2.83. The number of nitrogens with one attached hydrogen (secondary N) is 1. The monoisotopic (exact) mass is 234 g/mol. The van der Waals surface area contributed by atoms with E-state index in [0.717, 1.165) is 0 Å². The van der Waals surface area contributed by atoms with Crippen molar-refractivity contribution in [2.24, 2.45) is 0 Å². The minimum Gasteiger partial charge on any atom is -0.340 e. The van der Waals surface area contributed by atoms with Gasteiger partial charge in [0.15, 0.2) is 0 Å². The van der Waals surface area contributed by atoms with Crippen LogP contribution in [0.1, 0.15) is 40.5 Å². The number of hydroxylamine groups is 2. The van der Waals surface area contributed by atoms with Gasteiger partial charge in [0.2, 0.25) is 0 Å². The number of nitrogens with zero attached hydrogens (tertiary/aromatic N) is 1. The molecule has 0 bridgehead atoms. The summed E-state index contributed by atoms with van der Waals surface area (Å²) in [5.41, 5.74) is -0.711. The largest absolute Gasteiger partial charge is 0.340 e. The molecule has 0 atom stereocenters. The molecule has 5 heteroatoms. The number of carbonyl (C=O) groups excluding carboxylic acids is 1. The van der Waals surface area contributed by atoms with Gasteiger partial charge in [-0.2, -0.15) is 5.06 Å². The molecule has 1 heterocycles. The molecule has 0 unspecified atom stereocenters. The van der Waals surface area contributed by atoms with E-state index in [4.69, 9.17) is 11.6 Å². The predicted molar refractivity (Wildman–Crippen MR) is 59.2 cm³/mol. The van der Waals surface area contributed by atoms with E-state index >= 15 is 0 Å². The number of piperidine rings is 1. The van der Waals surface area contributed by atoms with E-state index in [1.807, 2.05) is 27.7 Å². The van der Waals surface area contributed by atoms with Crippen LogP contribution in [0, 0.1) is 0 Å². The molecule has 0 aliphatic carbocycles. The first-order valence-electron chi connectivity index (χ1n) is 5.10. The van der Waals surface area contributed by atoms with Crippen molar-refractivity contribution in [3.8, 4) is 0 Å². The second-order valence-corrected chi connectivity index (χ2v) is 5.80. The number of hydrogen-bond donors (Lipinski definition) is 2. The first kappa shape index (κ1) is 12.7. The molecule has 0 aromatic rings. The third-order valence-corrected chi connectivity index (χ3v) is 3.07. The van der Waals surface area contributed by atoms with Crippen LogP contribution in [0.25, 0.3) is 0 Å². The third-order valence-electron chi connectivity index (χ3n) is 2.96. The average Bonchev–Trinajstić information content (AvgIpc) is 1.97. The highest BCUT2D eigenvalue weighted by Gasteiger charge is 2.45. The summed E-state index contributed by atoms with van der Waals surface area (Å²) in [6.07, 6.45) is 1.37. The lowest BCUT2D eigenvalue weighted by atomic mass is 9.79. The normalized spacial score (nSPS) is 26.3. The van der Waals surface area contributed by atoms with Gasteiger partial charge in [0, 0.05) is 17.1 Å². The first-order chi connectivity index (χ1) is 6.65. The molecule has 15 heavy (non-hydrogen) atoms. The highest BCUT2D eigenvalue weighted by molar-refractivity contribution is 6.62. The van der Waals surface area contributed by atoms with Crippen molar-refractivity contribution in [1.82, 2.24) is 10.4 Å². The molecule has 4 nitrogen and oxygen atoms in total. The van der Waals surface area contributed by atoms with Gasteiger partial charge >= 0.3 is 5.37 Å². The Morgan fingerprint density at radius 2 is 1.73 bits per heavy atom. The van der Waals surface area contributed by atoms with Crippen molar-refractivity contribution < 1.29 is 10.0 Å². The summed E-state index contributed by atoms with van der Waals surface area (Å²) in [4.78, 5) is 10.8. The smallest absolute Gasteiger partial charge is 0.314 e. The Bertz CT molecular complexity index is 248. The second kappa shape index (κ2) is 3.92. The van der Waals surface area contributed by atoms with Gasteiger partial charge < -0.3 is 10.5 Å². The van der Waals surface area contributed by atoms with E-state index in [-0.39, 0.29) is 17.1 Å². The maximum atomic E-state index is 10.8. The number of hydrogen-bond acceptors (Lipinski definition) is 3. The van der Waals surface area contributed by atoms with Crippen LogP contribution in [0.5, 0.6) is 0 Å². The summed E-state index contributed by atoms with van der Waals surface area (Å²) in [5, 5.41) is 13.5. The first-order valence-corrected chi connectivity index (χ1v) is 5.48. The van der Waals surface area contributed by atoms with E-state index in [1.54, 1.807) is 0 Å². The Morgan fingerprint density at radius 1 is 1.33 bits per heavy atom. The zero-order valence-corrected chi connectivity index (χ0v) is 10.4. The van der Waals surface area contributed by atoms with Gasteiger partial charge in [0.05, 0.1) is 0 Å². The van der Waals surface area contributed by atoms with Crippen molar-refractivity contribution in [1.29, 1.82) is 0 Å². The molecule has 1 fully saturated rings. The highest BCUT2D eigenvalue weighted by Crippen LogP contribution is 2.36. The molecular weight excluding hydrogens is 216 g/mol. The van der Waals surface area contributed by atoms with Gasteiger partial charge in [-0.15, -0.1) is 0 Å². The number of carbonyl (C=O) groups is 1. The fourth-order valence-corrected chi connectivity index (χ4v) is 2.69. The maximum Gasteiger partial charge on any atom is 0.314 e. The van der Waals surface area contributed by atoms with Gasteiger partial charge in [-0.1, -0.05) is 0 Å². The molecule has 1 rings (SSSR count). The maximum absolute atomic E-state index is 10.8. The standard InChI is InChI=1S/C10H19ClN2O2/c1-9(2)5-7(12-8(11)14)6-10(3,4)13(9)15/h7,15H,5-6H2,1-4H3,(H,12,14). The lowest BCUT2D eigenvalue weighted by Crippen LogP contribution is -2.62. The van der Waals surface area contributed by atoms with Gasteiger partial charge in [-0.05, 0) is 52.1 Å². The molecule has 0 saturated carbocycles. The minimum absolute atomic E-state index is 0.0170. The van der Waals surface area contributed by atoms with Crippen molar-refractivity contribution in [3.63, 3.8) is 0 Å². The number of amides is 1. The summed E-state index contributed by atoms with van der Waals surface area (Å²) in [6, 6.07) is 0.0170. The fourth-order valence-electron chi connectivity index (χ4n) is 2.53. The van der Waals surface area contributed by atoms with E-state index in [0.29, 0.717) is 12.8 Å². The van der Waals surface area contributed by atoms with Crippen LogP contribution < -0.4 is 5.32 Å². The highest BCUT2D eigenvalue weighted by atomic mass is 35.5. The molecule has 0 spiro atoms. The predicted octanol–water partition coefficient (Wildman–Crippen LogP) is 2.35. The molecule has 0 radical (unpaired) electrons. The Kier molecular flexibility index (Phi) is 3.33. The van der Waals surface area contributed by atoms with Crippen LogP contribution in [-0.4, -0.2) is 32.8 Å². The van der Waals surface area contributed by atoms with Crippen LogP contribution in [-0.2, 0) is 0 Å². The Balaban J connectivity index is 2.79. The van der Waals surface area contributed by atoms with Crippen molar-refractivity contribution in [2.45, 2.75) is 57.7 Å². The van der Waals surface area contributed by atoms with E-state index in [2.05, 4.69) is 5.32 Å². The topological polar surface area (TPSA) is 52.6 Å². The molecular formula is C10H19ClN2O2. The quantitative estimate of drug-likeness (QED) is 0.541. The Hall–Kier alpha value is -0.320. The van der Waals surface area contributed by atoms with Crippen LogP contribution in [0.3, 0.4) is 0 Å². The zero-order chi connectivity index (χ0) is 11.9. The van der Waals surface area contributed by atoms with Gasteiger partial charge in [0.25, 0.3) is 0 Å². The van der Waals surface area contributed by atoms with E-state index in [1.165, 1.54) is 5.06 Å². The van der Waals surface area contributed by atoms with Crippen molar-refractivity contribution >= 4 is 17.0 Å². The van der Waals surface area contributed by atoms with Crippen molar-refractivity contribution in [3.05, 3.63) is 0 Å². The lowest BCUT2D eigenvalue weighted by Gasteiger charge is -2.51. The summed E-state index contributed by atoms with van der Waals surface area (Å²) in [7, 11) is 0. The van der Waals surface area contributed by atoms with Gasteiger partial charge in [-0.3, -0.25) is 4.79 Å². The Morgan fingerprint density at radius 3 is 2.07 bits per heavy atom. The molecule has 1 aliphatic rings. The molecule has 1 saturated heterocycles. The lowest BCUT2D eigenvalue weighted by molar-refractivity contribution is -0.245. The number of rotatable bonds is 1. The minimum atomic E-state index is -0.530. The summed E-state index contributed by atoms with van der Waals surface area (Å²) < 4.78 is 0. The molecule has 88 valence electrons. The number of halogens is 1. The van der Waals surface area contributed by atoms with E-state index < -0.39 is 5.37 Å². The zero-order valence-electron chi connectivity index (χ0n) is 9.67.